The van der Waals surface area contributed by atoms with Crippen LogP contribution in [0.1, 0.15) is 49.7 Å². The van der Waals surface area contributed by atoms with Gasteiger partial charge in [-0.25, -0.2) is 14.8 Å². The second-order valence-corrected chi connectivity index (χ2v) is 9.62. The van der Waals surface area contributed by atoms with Crippen LogP contribution in [-0.2, 0) is 24.1 Å². The van der Waals surface area contributed by atoms with Crippen LogP contribution in [0.15, 0.2) is 41.2 Å². The molecule has 0 aliphatic rings. The van der Waals surface area contributed by atoms with Crippen molar-refractivity contribution in [1.82, 2.24) is 9.97 Å². The van der Waals surface area contributed by atoms with Gasteiger partial charge in [0.15, 0.2) is 0 Å². The first-order chi connectivity index (χ1) is 15.7. The van der Waals surface area contributed by atoms with Gasteiger partial charge >= 0.3 is 6.09 Å². The van der Waals surface area contributed by atoms with Crippen LogP contribution < -0.4 is 15.4 Å². The summed E-state index contributed by atoms with van der Waals surface area (Å²) in [4.78, 5) is 23.8. The lowest BCUT2D eigenvalue weighted by molar-refractivity contribution is 0.0576. The van der Waals surface area contributed by atoms with Crippen LogP contribution in [-0.4, -0.2) is 28.8 Å². The number of nitrogen functional groups attached to an aromatic ring is 1. The Balaban J connectivity index is 1.86. The summed E-state index contributed by atoms with van der Waals surface area (Å²) in [6.45, 7) is 7.86. The van der Waals surface area contributed by atoms with Gasteiger partial charge in [-0.3, -0.25) is 4.90 Å². The molecule has 33 heavy (non-hydrogen) atoms. The number of nitrogens with zero attached hydrogens (tertiary/aromatic N) is 3. The summed E-state index contributed by atoms with van der Waals surface area (Å²) >= 11 is 1.59. The molecule has 0 fully saturated rings. The normalized spacial score (nSPS) is 11.3. The quantitative estimate of drug-likeness (QED) is 0.466. The molecule has 0 bridgehead atoms. The Morgan fingerprint density at radius 3 is 2.61 bits per heavy atom. The molecule has 0 atom stereocenters. The maximum Gasteiger partial charge on any atom is 0.416 e. The molecule has 1 aromatic carbocycles. The van der Waals surface area contributed by atoms with Crippen molar-refractivity contribution in [3.05, 3.63) is 63.7 Å². The van der Waals surface area contributed by atoms with Crippen LogP contribution >= 0.6 is 11.3 Å². The summed E-state index contributed by atoms with van der Waals surface area (Å²) in [6.07, 6.45) is 1.97. The van der Waals surface area contributed by atoms with E-state index in [0.717, 1.165) is 41.1 Å². The number of hydrogen-bond acceptors (Lipinski definition) is 7. The van der Waals surface area contributed by atoms with E-state index in [-0.39, 0.29) is 0 Å². The smallest absolute Gasteiger partial charge is 0.416 e. The number of thiazole rings is 1. The number of carbonyl (C=O) groups excluding carboxylic acids is 1. The van der Waals surface area contributed by atoms with Crippen LogP contribution in [0, 0.1) is 6.92 Å². The number of ether oxygens (including phenoxy) is 2. The Labute approximate surface area is 199 Å². The van der Waals surface area contributed by atoms with Crippen LogP contribution in [0.25, 0.3) is 0 Å². The fraction of sp³-hybridized carbons (Fsp3) is 0.400. The fourth-order valence-electron chi connectivity index (χ4n) is 3.35. The number of amides is 1. The largest absolute Gasteiger partial charge is 0.497 e. The molecule has 3 aromatic rings. The van der Waals surface area contributed by atoms with Crippen molar-refractivity contribution in [3.63, 3.8) is 0 Å². The summed E-state index contributed by atoms with van der Waals surface area (Å²) in [5.41, 5.74) is 11.9. The molecular formula is C25H32N4O3S. The molecule has 0 aliphatic heterocycles. The van der Waals surface area contributed by atoms with Crippen molar-refractivity contribution in [1.29, 1.82) is 0 Å². The third-order valence-electron chi connectivity index (χ3n) is 5.09. The van der Waals surface area contributed by atoms with Gasteiger partial charge in [-0.15, -0.1) is 11.3 Å². The summed E-state index contributed by atoms with van der Waals surface area (Å²) < 4.78 is 11.0. The summed E-state index contributed by atoms with van der Waals surface area (Å²) in [5.74, 6) is 1.28. The molecule has 8 heteroatoms. The van der Waals surface area contributed by atoms with Gasteiger partial charge in [0.2, 0.25) is 0 Å². The minimum Gasteiger partial charge on any atom is -0.497 e. The number of aromatic nitrogens is 2. The van der Waals surface area contributed by atoms with Gasteiger partial charge in [0.1, 0.15) is 17.2 Å². The van der Waals surface area contributed by atoms with Crippen molar-refractivity contribution >= 4 is 28.9 Å². The predicted molar refractivity (Wildman–Crippen MR) is 133 cm³/mol. The lowest BCUT2D eigenvalue weighted by atomic mass is 10.1. The maximum absolute atomic E-state index is 13.2. The molecule has 2 N–H and O–H groups in total. The first-order valence-electron chi connectivity index (χ1n) is 10.9. The van der Waals surface area contributed by atoms with Gasteiger partial charge in [-0.2, -0.15) is 0 Å². The van der Waals surface area contributed by atoms with E-state index < -0.39 is 11.7 Å². The Morgan fingerprint density at radius 1 is 1.18 bits per heavy atom. The summed E-state index contributed by atoms with van der Waals surface area (Å²) in [7, 11) is 1.63. The molecule has 7 nitrogen and oxygen atoms in total. The number of nitrogens with two attached hydrogens (primary N) is 1. The zero-order valence-corrected chi connectivity index (χ0v) is 20.7. The van der Waals surface area contributed by atoms with Gasteiger partial charge in [-0.1, -0.05) is 6.07 Å². The number of aryl methyl sites for hydroxylation is 3. The molecule has 0 saturated carbocycles. The molecule has 0 unspecified atom stereocenters. The third-order valence-corrected chi connectivity index (χ3v) is 5.73. The van der Waals surface area contributed by atoms with Gasteiger partial charge in [-0.05, 0) is 82.3 Å². The number of pyridine rings is 1. The van der Waals surface area contributed by atoms with Gasteiger partial charge in [0.25, 0.3) is 0 Å². The number of anilines is 2. The zero-order valence-electron chi connectivity index (χ0n) is 19.9. The molecule has 2 aromatic heterocycles. The van der Waals surface area contributed by atoms with E-state index in [9.17, 15) is 4.79 Å². The minimum absolute atomic E-state index is 0.319. The lowest BCUT2D eigenvalue weighted by Crippen LogP contribution is -2.37. The van der Waals surface area contributed by atoms with E-state index in [2.05, 4.69) is 10.4 Å². The van der Waals surface area contributed by atoms with Crippen molar-refractivity contribution in [2.45, 2.75) is 59.1 Å². The highest BCUT2D eigenvalue weighted by atomic mass is 32.1. The van der Waals surface area contributed by atoms with Gasteiger partial charge in [0.05, 0.1) is 36.2 Å². The first kappa shape index (κ1) is 24.5. The Bertz CT molecular complexity index is 1080. The Kier molecular flexibility index (Phi) is 7.92. The molecule has 0 aliphatic carbocycles. The molecule has 1 amide bonds. The number of carbonyl (C=O) groups is 1. The highest BCUT2D eigenvalue weighted by Gasteiger charge is 2.25. The maximum atomic E-state index is 13.2. The van der Waals surface area contributed by atoms with Crippen molar-refractivity contribution < 1.29 is 14.3 Å². The molecular weight excluding hydrogens is 436 g/mol. The predicted octanol–water partition coefficient (Wildman–Crippen LogP) is 5.55. The summed E-state index contributed by atoms with van der Waals surface area (Å²) in [6, 6.07) is 9.36. The highest BCUT2D eigenvalue weighted by Crippen LogP contribution is 2.25. The van der Waals surface area contributed by atoms with Crippen molar-refractivity contribution in [2.24, 2.45) is 0 Å². The fourth-order valence-corrected chi connectivity index (χ4v) is 3.94. The molecule has 176 valence electrons. The average molecular weight is 469 g/mol. The van der Waals surface area contributed by atoms with E-state index >= 15 is 0 Å². The van der Waals surface area contributed by atoms with E-state index in [1.54, 1.807) is 35.5 Å². The number of methoxy groups -OCH3 is 1. The van der Waals surface area contributed by atoms with Crippen LogP contribution in [0.5, 0.6) is 5.75 Å². The minimum atomic E-state index is -0.630. The molecule has 0 spiro atoms. The van der Waals surface area contributed by atoms with Gasteiger partial charge < -0.3 is 15.2 Å². The number of hydrogen-bond donors (Lipinski definition) is 1. The Morgan fingerprint density at radius 2 is 1.97 bits per heavy atom. The van der Waals surface area contributed by atoms with E-state index in [1.165, 1.54) is 0 Å². The number of rotatable bonds is 8. The standard InChI is InChI=1S/C25H32N4O3S/c1-17-13-20(31-5)10-9-18(17)14-29(24(30)32-25(2,3)4)23-12-11-21(26)22(28-23)8-6-7-19-15-33-16-27-19/h9-13,15-16H,6-8,14,26H2,1-5H3. The third kappa shape index (κ3) is 6.92. The highest BCUT2D eigenvalue weighted by molar-refractivity contribution is 7.07. The Hall–Kier alpha value is -3.13. The number of benzene rings is 1. The van der Waals surface area contributed by atoms with Crippen LogP contribution in [0.3, 0.4) is 0 Å². The molecule has 0 saturated heterocycles. The lowest BCUT2D eigenvalue weighted by Gasteiger charge is -2.28. The topological polar surface area (TPSA) is 90.6 Å². The first-order valence-corrected chi connectivity index (χ1v) is 11.9. The molecule has 0 radical (unpaired) electrons. The van der Waals surface area contributed by atoms with Crippen LogP contribution in [0.4, 0.5) is 16.3 Å². The van der Waals surface area contributed by atoms with Crippen molar-refractivity contribution in [3.8, 4) is 5.75 Å². The van der Waals surface area contributed by atoms with E-state index in [1.807, 2.05) is 51.4 Å². The van der Waals surface area contributed by atoms with Gasteiger partial charge in [0, 0.05) is 5.38 Å². The summed E-state index contributed by atoms with van der Waals surface area (Å²) in [5, 5.41) is 2.05. The van der Waals surface area contributed by atoms with Crippen molar-refractivity contribution in [2.75, 3.05) is 17.7 Å². The average Bonchev–Trinajstić information content (AvgIpc) is 3.26. The second kappa shape index (κ2) is 10.7. The van der Waals surface area contributed by atoms with E-state index in [4.69, 9.17) is 20.2 Å². The monoisotopic (exact) mass is 468 g/mol. The van der Waals surface area contributed by atoms with E-state index in [0.29, 0.717) is 24.5 Å². The molecule has 2 heterocycles. The zero-order chi connectivity index (χ0) is 24.0. The second-order valence-electron chi connectivity index (χ2n) is 8.90. The molecule has 3 rings (SSSR count). The SMILES string of the molecule is COc1ccc(CN(C(=O)OC(C)(C)C)c2ccc(N)c(CCCc3cscn3)n2)c(C)c1. The van der Waals surface area contributed by atoms with Crippen LogP contribution in [0.2, 0.25) is 0 Å².